The van der Waals surface area contributed by atoms with Gasteiger partial charge in [-0.15, -0.1) is 0 Å². The number of hydrogen-bond acceptors (Lipinski definition) is 4. The van der Waals surface area contributed by atoms with Gasteiger partial charge in [0.25, 0.3) is 0 Å². The summed E-state index contributed by atoms with van der Waals surface area (Å²) >= 11 is 0. The molecule has 0 radical (unpaired) electrons. The Labute approximate surface area is 294 Å². The SMILES string of the molecule is c1ccc(-c2ccc(N(c3ccccc3)c3ccc(-c4cccc5c4oc4cccc(-c6nc7ccccc7o6)c45)c4ccccc34)cc2)cc1. The van der Waals surface area contributed by atoms with Crippen LogP contribution in [0.3, 0.4) is 0 Å². The van der Waals surface area contributed by atoms with Gasteiger partial charge in [-0.05, 0) is 76.7 Å². The van der Waals surface area contributed by atoms with Gasteiger partial charge in [0.2, 0.25) is 5.89 Å². The molecule has 2 heterocycles. The first-order chi connectivity index (χ1) is 25.3. The Morgan fingerprint density at radius 1 is 0.392 bits per heavy atom. The van der Waals surface area contributed by atoms with Gasteiger partial charge in [0.1, 0.15) is 16.7 Å². The molecule has 0 N–H and O–H groups in total. The van der Waals surface area contributed by atoms with Crippen molar-refractivity contribution in [2.24, 2.45) is 0 Å². The standard InChI is InChI=1S/C47H30N2O2/c1-3-13-31(14-4-1)32-25-27-34(28-26-32)49(33-15-5-2-6-16-33)42-30-29-36(35-17-7-8-18-37(35)42)38-19-11-20-39-45-40(21-12-24-44(45)50-46(38)39)47-48-41-22-9-10-23-43(41)51-47/h1-30H. The molecule has 0 aliphatic rings. The zero-order valence-electron chi connectivity index (χ0n) is 27.5. The number of anilines is 3. The van der Waals surface area contributed by atoms with E-state index in [4.69, 9.17) is 13.8 Å². The van der Waals surface area contributed by atoms with Gasteiger partial charge in [-0.1, -0.05) is 127 Å². The first-order valence-corrected chi connectivity index (χ1v) is 17.1. The van der Waals surface area contributed by atoms with Crippen LogP contribution in [-0.4, -0.2) is 4.98 Å². The molecule has 51 heavy (non-hydrogen) atoms. The van der Waals surface area contributed by atoms with Crippen molar-refractivity contribution in [1.82, 2.24) is 4.98 Å². The van der Waals surface area contributed by atoms with E-state index in [1.165, 1.54) is 11.1 Å². The molecular formula is C47H30N2O2. The van der Waals surface area contributed by atoms with Crippen molar-refractivity contribution < 1.29 is 8.83 Å². The number of rotatable bonds is 6. The summed E-state index contributed by atoms with van der Waals surface area (Å²) in [6.45, 7) is 0. The number of furan rings is 1. The molecule has 0 aliphatic heterocycles. The topological polar surface area (TPSA) is 42.4 Å². The van der Waals surface area contributed by atoms with E-state index in [0.29, 0.717) is 5.89 Å². The molecule has 0 amide bonds. The fourth-order valence-corrected chi connectivity index (χ4v) is 7.38. The second-order valence-corrected chi connectivity index (χ2v) is 12.7. The van der Waals surface area contributed by atoms with Gasteiger partial charge >= 0.3 is 0 Å². The van der Waals surface area contributed by atoms with Gasteiger partial charge < -0.3 is 13.7 Å². The van der Waals surface area contributed by atoms with Crippen molar-refractivity contribution in [3.8, 4) is 33.7 Å². The van der Waals surface area contributed by atoms with Crippen LogP contribution in [0.2, 0.25) is 0 Å². The Morgan fingerprint density at radius 3 is 1.84 bits per heavy atom. The second-order valence-electron chi connectivity index (χ2n) is 12.7. The minimum atomic E-state index is 0.586. The second kappa shape index (κ2) is 11.9. The van der Waals surface area contributed by atoms with Gasteiger partial charge in [-0.2, -0.15) is 0 Å². The summed E-state index contributed by atoms with van der Waals surface area (Å²) in [5, 5.41) is 4.31. The van der Waals surface area contributed by atoms with E-state index in [-0.39, 0.29) is 0 Å². The summed E-state index contributed by atoms with van der Waals surface area (Å²) in [4.78, 5) is 7.17. The van der Waals surface area contributed by atoms with E-state index < -0.39 is 0 Å². The Bertz CT molecular complexity index is 2820. The number of benzene rings is 8. The van der Waals surface area contributed by atoms with Crippen molar-refractivity contribution >= 4 is 60.9 Å². The summed E-state index contributed by atoms with van der Waals surface area (Å²) in [5.74, 6) is 0.586. The van der Waals surface area contributed by atoms with Crippen molar-refractivity contribution in [3.63, 3.8) is 0 Å². The van der Waals surface area contributed by atoms with Crippen LogP contribution in [0.5, 0.6) is 0 Å². The largest absolute Gasteiger partial charge is 0.455 e. The van der Waals surface area contributed by atoms with Crippen molar-refractivity contribution in [2.45, 2.75) is 0 Å². The molecule has 10 aromatic rings. The number of fused-ring (bicyclic) bond motifs is 5. The lowest BCUT2D eigenvalue weighted by Crippen LogP contribution is -2.10. The predicted molar refractivity (Wildman–Crippen MR) is 210 cm³/mol. The van der Waals surface area contributed by atoms with E-state index >= 15 is 0 Å². The van der Waals surface area contributed by atoms with E-state index in [0.717, 1.165) is 77.6 Å². The summed E-state index contributed by atoms with van der Waals surface area (Å²) in [5.41, 5.74) is 12.0. The highest BCUT2D eigenvalue weighted by Gasteiger charge is 2.21. The smallest absolute Gasteiger partial charge is 0.228 e. The molecule has 0 saturated heterocycles. The van der Waals surface area contributed by atoms with Crippen LogP contribution >= 0.6 is 0 Å². The molecule has 0 saturated carbocycles. The van der Waals surface area contributed by atoms with E-state index in [2.05, 4.69) is 150 Å². The van der Waals surface area contributed by atoms with Crippen LogP contribution in [0.1, 0.15) is 0 Å². The van der Waals surface area contributed by atoms with E-state index in [1.54, 1.807) is 0 Å². The van der Waals surface area contributed by atoms with Crippen LogP contribution in [0.15, 0.2) is 191 Å². The highest BCUT2D eigenvalue weighted by Crippen LogP contribution is 2.45. The average molecular weight is 655 g/mol. The lowest BCUT2D eigenvalue weighted by molar-refractivity contribution is 0.620. The highest BCUT2D eigenvalue weighted by molar-refractivity contribution is 6.17. The number of nitrogens with zero attached hydrogens (tertiary/aromatic N) is 2. The lowest BCUT2D eigenvalue weighted by atomic mass is 9.94. The van der Waals surface area contributed by atoms with Crippen molar-refractivity contribution in [1.29, 1.82) is 0 Å². The summed E-state index contributed by atoms with van der Waals surface area (Å²) in [6.07, 6.45) is 0. The number of para-hydroxylation sites is 4. The Balaban J connectivity index is 1.14. The fourth-order valence-electron chi connectivity index (χ4n) is 7.38. The Kier molecular flexibility index (Phi) is 6.78. The van der Waals surface area contributed by atoms with Crippen LogP contribution in [0, 0.1) is 0 Å². The van der Waals surface area contributed by atoms with Gasteiger partial charge in [0.05, 0.1) is 5.69 Å². The molecule has 0 spiro atoms. The number of hydrogen-bond donors (Lipinski definition) is 0. The van der Waals surface area contributed by atoms with Crippen LogP contribution in [0.4, 0.5) is 17.1 Å². The third kappa shape index (κ3) is 4.88. The minimum Gasteiger partial charge on any atom is -0.455 e. The van der Waals surface area contributed by atoms with E-state index in [1.807, 2.05) is 36.4 Å². The first kappa shape index (κ1) is 29.0. The van der Waals surface area contributed by atoms with Crippen LogP contribution in [-0.2, 0) is 0 Å². The molecule has 0 unspecified atom stereocenters. The summed E-state index contributed by atoms with van der Waals surface area (Å²) in [6, 6.07) is 63.4. The quantitative estimate of drug-likeness (QED) is 0.179. The molecule has 0 atom stereocenters. The molecule has 0 bridgehead atoms. The fraction of sp³-hybridized carbons (Fsp3) is 0. The molecule has 8 aromatic carbocycles. The van der Waals surface area contributed by atoms with Gasteiger partial charge in [-0.25, -0.2) is 4.98 Å². The normalized spacial score (nSPS) is 11.5. The van der Waals surface area contributed by atoms with Crippen molar-refractivity contribution in [2.75, 3.05) is 4.90 Å². The minimum absolute atomic E-state index is 0.586. The van der Waals surface area contributed by atoms with Crippen LogP contribution < -0.4 is 4.90 Å². The molecule has 2 aromatic heterocycles. The molecule has 240 valence electrons. The zero-order chi connectivity index (χ0) is 33.7. The molecule has 0 aliphatic carbocycles. The Hall–Kier alpha value is -6.91. The van der Waals surface area contributed by atoms with Crippen LogP contribution in [0.25, 0.3) is 77.5 Å². The molecule has 10 rings (SSSR count). The third-order valence-electron chi connectivity index (χ3n) is 9.73. The summed E-state index contributed by atoms with van der Waals surface area (Å²) < 4.78 is 12.9. The first-order valence-electron chi connectivity index (χ1n) is 17.1. The molecule has 4 nitrogen and oxygen atoms in total. The molecular weight excluding hydrogens is 625 g/mol. The summed E-state index contributed by atoms with van der Waals surface area (Å²) in [7, 11) is 0. The van der Waals surface area contributed by atoms with Gasteiger partial charge in [0.15, 0.2) is 5.58 Å². The number of oxazole rings is 1. The van der Waals surface area contributed by atoms with Gasteiger partial charge in [0, 0.05) is 38.7 Å². The Morgan fingerprint density at radius 2 is 1.02 bits per heavy atom. The van der Waals surface area contributed by atoms with E-state index in [9.17, 15) is 0 Å². The maximum atomic E-state index is 6.71. The van der Waals surface area contributed by atoms with Gasteiger partial charge in [-0.3, -0.25) is 0 Å². The maximum Gasteiger partial charge on any atom is 0.228 e. The number of aromatic nitrogens is 1. The predicted octanol–water partition coefficient (Wildman–Crippen LogP) is 13.4. The highest BCUT2D eigenvalue weighted by atomic mass is 16.3. The molecule has 0 fully saturated rings. The third-order valence-corrected chi connectivity index (χ3v) is 9.73. The van der Waals surface area contributed by atoms with Crippen molar-refractivity contribution in [3.05, 3.63) is 182 Å². The monoisotopic (exact) mass is 654 g/mol. The average Bonchev–Trinajstić information content (AvgIpc) is 3.81. The maximum absolute atomic E-state index is 6.71. The zero-order valence-corrected chi connectivity index (χ0v) is 27.5. The lowest BCUT2D eigenvalue weighted by Gasteiger charge is -2.27. The molecule has 4 heteroatoms.